The number of halogens is 1. The third-order valence-electron chi connectivity index (χ3n) is 4.16. The fourth-order valence-corrected chi connectivity index (χ4v) is 2.87. The van der Waals surface area contributed by atoms with Gasteiger partial charge in [0.15, 0.2) is 11.6 Å². The van der Waals surface area contributed by atoms with E-state index in [9.17, 15) is 9.18 Å². The normalized spacial score (nSPS) is 13.2. The number of ether oxygens (including phenoxy) is 1. The molecule has 0 atom stereocenters. The van der Waals surface area contributed by atoms with E-state index in [-0.39, 0.29) is 17.5 Å². The highest BCUT2D eigenvalue weighted by Gasteiger charge is 2.24. The number of benzene rings is 2. The van der Waals surface area contributed by atoms with Crippen molar-refractivity contribution >= 4 is 11.6 Å². The molecule has 1 aliphatic heterocycles. The molecule has 3 rings (SSSR count). The van der Waals surface area contributed by atoms with Crippen molar-refractivity contribution in [3.05, 3.63) is 59.9 Å². The SMILES string of the molecule is CN(CCOc1ccccc1F)CC(=O)N1CCc2ccccc21. The quantitative estimate of drug-likeness (QED) is 0.817. The van der Waals surface area contributed by atoms with Crippen molar-refractivity contribution in [1.82, 2.24) is 4.90 Å². The fraction of sp³-hybridized carbons (Fsp3) is 0.316. The Morgan fingerprint density at radius 3 is 2.79 bits per heavy atom. The van der Waals surface area contributed by atoms with Gasteiger partial charge in [-0.2, -0.15) is 0 Å². The van der Waals surface area contributed by atoms with Crippen LogP contribution < -0.4 is 9.64 Å². The molecule has 0 spiro atoms. The summed E-state index contributed by atoms with van der Waals surface area (Å²) in [5.74, 6) is -0.0519. The Balaban J connectivity index is 1.48. The van der Waals surface area contributed by atoms with Gasteiger partial charge in [0.2, 0.25) is 5.91 Å². The number of nitrogens with zero attached hydrogens (tertiary/aromatic N) is 2. The average molecular weight is 328 g/mol. The summed E-state index contributed by atoms with van der Waals surface area (Å²) in [7, 11) is 1.87. The van der Waals surface area contributed by atoms with Crippen LogP contribution in [-0.4, -0.2) is 44.1 Å². The molecular weight excluding hydrogens is 307 g/mol. The Morgan fingerprint density at radius 1 is 1.21 bits per heavy atom. The van der Waals surface area contributed by atoms with Crippen molar-refractivity contribution in [3.8, 4) is 5.75 Å². The molecule has 126 valence electrons. The van der Waals surface area contributed by atoms with E-state index in [1.54, 1.807) is 18.2 Å². The van der Waals surface area contributed by atoms with Crippen LogP contribution in [0.25, 0.3) is 0 Å². The number of hydrogen-bond acceptors (Lipinski definition) is 3. The molecular formula is C19H21FN2O2. The van der Waals surface area contributed by atoms with Gasteiger partial charge in [-0.3, -0.25) is 9.69 Å². The van der Waals surface area contributed by atoms with E-state index in [0.29, 0.717) is 19.7 Å². The summed E-state index contributed by atoms with van der Waals surface area (Å²) >= 11 is 0. The number of rotatable bonds is 6. The van der Waals surface area contributed by atoms with Crippen LogP contribution in [0.15, 0.2) is 48.5 Å². The predicted molar refractivity (Wildman–Crippen MR) is 91.9 cm³/mol. The standard InChI is InChI=1S/C19H21FN2O2/c1-21(12-13-24-18-9-5-3-7-16(18)20)14-19(23)22-11-10-15-6-2-4-8-17(15)22/h2-9H,10-14H2,1H3. The zero-order chi connectivity index (χ0) is 16.9. The third-order valence-corrected chi connectivity index (χ3v) is 4.16. The lowest BCUT2D eigenvalue weighted by atomic mass is 10.2. The zero-order valence-electron chi connectivity index (χ0n) is 13.7. The molecule has 1 aliphatic rings. The summed E-state index contributed by atoms with van der Waals surface area (Å²) in [4.78, 5) is 16.2. The van der Waals surface area contributed by atoms with Gasteiger partial charge in [-0.1, -0.05) is 30.3 Å². The van der Waals surface area contributed by atoms with Gasteiger partial charge >= 0.3 is 0 Å². The van der Waals surface area contributed by atoms with Crippen LogP contribution in [0, 0.1) is 5.82 Å². The number of fused-ring (bicyclic) bond motifs is 1. The first-order chi connectivity index (χ1) is 11.6. The molecule has 0 fully saturated rings. The number of amides is 1. The largest absolute Gasteiger partial charge is 0.489 e. The van der Waals surface area contributed by atoms with E-state index in [2.05, 4.69) is 6.07 Å². The van der Waals surface area contributed by atoms with E-state index >= 15 is 0 Å². The maximum Gasteiger partial charge on any atom is 0.241 e. The van der Waals surface area contributed by atoms with E-state index in [1.807, 2.05) is 35.0 Å². The van der Waals surface area contributed by atoms with Crippen molar-refractivity contribution in [2.45, 2.75) is 6.42 Å². The average Bonchev–Trinajstić information content (AvgIpc) is 3.01. The van der Waals surface area contributed by atoms with Crippen molar-refractivity contribution in [2.24, 2.45) is 0 Å². The molecule has 1 heterocycles. The highest BCUT2D eigenvalue weighted by molar-refractivity contribution is 5.96. The van der Waals surface area contributed by atoms with Crippen molar-refractivity contribution in [3.63, 3.8) is 0 Å². The number of carbonyl (C=O) groups is 1. The Hall–Kier alpha value is -2.40. The number of para-hydroxylation sites is 2. The minimum absolute atomic E-state index is 0.0772. The Bertz CT molecular complexity index is 720. The lowest BCUT2D eigenvalue weighted by molar-refractivity contribution is -0.119. The fourth-order valence-electron chi connectivity index (χ4n) is 2.87. The number of likely N-dealkylation sites (N-methyl/N-ethyl adjacent to an activating group) is 1. The molecule has 0 saturated carbocycles. The molecule has 0 aliphatic carbocycles. The number of hydrogen-bond donors (Lipinski definition) is 0. The van der Waals surface area contributed by atoms with E-state index in [0.717, 1.165) is 18.7 Å². The highest BCUT2D eigenvalue weighted by atomic mass is 19.1. The Morgan fingerprint density at radius 2 is 1.96 bits per heavy atom. The maximum atomic E-state index is 13.5. The van der Waals surface area contributed by atoms with Crippen molar-refractivity contribution in [1.29, 1.82) is 0 Å². The van der Waals surface area contributed by atoms with Crippen molar-refractivity contribution < 1.29 is 13.9 Å². The number of carbonyl (C=O) groups excluding carboxylic acids is 1. The molecule has 0 aromatic heterocycles. The minimum Gasteiger partial charge on any atom is -0.489 e. The van der Waals surface area contributed by atoms with Gasteiger partial charge in [-0.05, 0) is 37.2 Å². The molecule has 2 aromatic rings. The van der Waals surface area contributed by atoms with Crippen LogP contribution in [0.3, 0.4) is 0 Å². The molecule has 4 nitrogen and oxygen atoms in total. The summed E-state index contributed by atoms with van der Waals surface area (Å²) in [6.07, 6.45) is 0.905. The summed E-state index contributed by atoms with van der Waals surface area (Å²) < 4.78 is 18.9. The van der Waals surface area contributed by atoms with Crippen LogP contribution in [-0.2, 0) is 11.2 Å². The van der Waals surface area contributed by atoms with Gasteiger partial charge in [0.1, 0.15) is 6.61 Å². The maximum absolute atomic E-state index is 13.5. The molecule has 2 aromatic carbocycles. The number of anilines is 1. The first-order valence-corrected chi connectivity index (χ1v) is 8.09. The Labute approximate surface area is 141 Å². The smallest absolute Gasteiger partial charge is 0.241 e. The second-order valence-corrected chi connectivity index (χ2v) is 5.94. The molecule has 5 heteroatoms. The van der Waals surface area contributed by atoms with Gasteiger partial charge in [-0.15, -0.1) is 0 Å². The second-order valence-electron chi connectivity index (χ2n) is 5.94. The molecule has 0 unspecified atom stereocenters. The summed E-state index contributed by atoms with van der Waals surface area (Å²) in [6, 6.07) is 14.3. The van der Waals surface area contributed by atoms with E-state index in [4.69, 9.17) is 4.74 Å². The lowest BCUT2D eigenvalue weighted by Gasteiger charge is -2.22. The summed E-state index contributed by atoms with van der Waals surface area (Å²) in [6.45, 7) is 1.93. The molecule has 0 bridgehead atoms. The third kappa shape index (κ3) is 3.74. The predicted octanol–water partition coefficient (Wildman–Crippen LogP) is 2.73. The lowest BCUT2D eigenvalue weighted by Crippen LogP contribution is -2.39. The minimum atomic E-state index is -0.370. The van der Waals surface area contributed by atoms with Crippen LogP contribution in [0.1, 0.15) is 5.56 Å². The molecule has 0 saturated heterocycles. The van der Waals surface area contributed by atoms with Crippen LogP contribution in [0.2, 0.25) is 0 Å². The van der Waals surface area contributed by atoms with Crippen LogP contribution in [0.5, 0.6) is 5.75 Å². The molecule has 0 radical (unpaired) electrons. The second kappa shape index (κ2) is 7.45. The first-order valence-electron chi connectivity index (χ1n) is 8.09. The van der Waals surface area contributed by atoms with E-state index < -0.39 is 0 Å². The topological polar surface area (TPSA) is 32.8 Å². The Kier molecular flexibility index (Phi) is 5.11. The highest BCUT2D eigenvalue weighted by Crippen LogP contribution is 2.27. The summed E-state index contributed by atoms with van der Waals surface area (Å²) in [5, 5.41) is 0. The van der Waals surface area contributed by atoms with Crippen LogP contribution in [0.4, 0.5) is 10.1 Å². The summed E-state index contributed by atoms with van der Waals surface area (Å²) in [5.41, 5.74) is 2.23. The van der Waals surface area contributed by atoms with Gasteiger partial charge in [0.05, 0.1) is 6.54 Å². The van der Waals surface area contributed by atoms with Crippen LogP contribution >= 0.6 is 0 Å². The zero-order valence-corrected chi connectivity index (χ0v) is 13.7. The van der Waals surface area contributed by atoms with Gasteiger partial charge < -0.3 is 9.64 Å². The van der Waals surface area contributed by atoms with Crippen molar-refractivity contribution in [2.75, 3.05) is 38.2 Å². The monoisotopic (exact) mass is 328 g/mol. The van der Waals surface area contributed by atoms with Gasteiger partial charge in [0, 0.05) is 18.8 Å². The van der Waals surface area contributed by atoms with E-state index in [1.165, 1.54) is 11.6 Å². The molecule has 24 heavy (non-hydrogen) atoms. The molecule has 1 amide bonds. The first kappa shape index (κ1) is 16.5. The molecule has 0 N–H and O–H groups in total. The van der Waals surface area contributed by atoms with Gasteiger partial charge in [0.25, 0.3) is 0 Å². The van der Waals surface area contributed by atoms with Gasteiger partial charge in [-0.25, -0.2) is 4.39 Å².